The molecule has 0 heterocycles. The van der Waals surface area contributed by atoms with E-state index in [1.54, 1.807) is 0 Å². The zero-order chi connectivity index (χ0) is 14.8. The summed E-state index contributed by atoms with van der Waals surface area (Å²) in [5.74, 6) is -1.51. The first-order valence-electron chi connectivity index (χ1n) is 7.31. The highest BCUT2D eigenvalue weighted by molar-refractivity contribution is 9.09. The van der Waals surface area contributed by atoms with Crippen molar-refractivity contribution in [3.8, 4) is 0 Å². The zero-order valence-corrected chi connectivity index (χ0v) is 13.0. The van der Waals surface area contributed by atoms with E-state index >= 15 is 0 Å². The van der Waals surface area contributed by atoms with E-state index in [-0.39, 0.29) is 30.2 Å². The van der Waals surface area contributed by atoms with Gasteiger partial charge in [-0.25, -0.2) is 0 Å². The SMILES string of the molecule is O=C(NC1(CBr)CCCC1)C1CCC(C(F)(F)F)CC1. The van der Waals surface area contributed by atoms with Crippen molar-refractivity contribution in [2.75, 3.05) is 5.33 Å². The van der Waals surface area contributed by atoms with Crippen LogP contribution in [0.4, 0.5) is 13.2 Å². The Kier molecular flexibility index (Phi) is 5.03. The molecule has 0 aromatic carbocycles. The van der Waals surface area contributed by atoms with E-state index in [0.29, 0.717) is 12.8 Å². The maximum atomic E-state index is 12.6. The van der Waals surface area contributed by atoms with Gasteiger partial charge in [-0.1, -0.05) is 28.8 Å². The van der Waals surface area contributed by atoms with Crippen molar-refractivity contribution in [2.45, 2.75) is 63.1 Å². The maximum Gasteiger partial charge on any atom is 0.391 e. The number of nitrogens with one attached hydrogen (secondary N) is 1. The summed E-state index contributed by atoms with van der Waals surface area (Å²) in [5, 5.41) is 3.82. The van der Waals surface area contributed by atoms with Crippen LogP contribution in [0.5, 0.6) is 0 Å². The Bertz CT molecular complexity index is 345. The van der Waals surface area contributed by atoms with Crippen LogP contribution in [-0.4, -0.2) is 23.0 Å². The normalized spacial score (nSPS) is 30.2. The molecule has 20 heavy (non-hydrogen) atoms. The lowest BCUT2D eigenvalue weighted by atomic mass is 9.81. The average Bonchev–Trinajstić information content (AvgIpc) is 2.87. The fourth-order valence-corrected chi connectivity index (χ4v) is 4.09. The predicted octanol–water partition coefficient (Wildman–Crippen LogP) is 4.18. The van der Waals surface area contributed by atoms with Gasteiger partial charge in [-0.05, 0) is 38.5 Å². The molecule has 6 heteroatoms. The molecule has 0 spiro atoms. The number of hydrogen-bond acceptors (Lipinski definition) is 1. The molecule has 2 fully saturated rings. The van der Waals surface area contributed by atoms with Crippen LogP contribution < -0.4 is 5.32 Å². The van der Waals surface area contributed by atoms with Gasteiger partial charge in [-0.3, -0.25) is 4.79 Å². The highest BCUT2D eigenvalue weighted by Crippen LogP contribution is 2.40. The topological polar surface area (TPSA) is 29.1 Å². The summed E-state index contributed by atoms with van der Waals surface area (Å²) in [5.41, 5.74) is -0.169. The van der Waals surface area contributed by atoms with E-state index in [1.165, 1.54) is 0 Å². The molecule has 0 saturated heterocycles. The minimum absolute atomic E-state index is 0.0491. The monoisotopic (exact) mass is 355 g/mol. The first-order valence-corrected chi connectivity index (χ1v) is 8.43. The molecule has 0 bridgehead atoms. The number of alkyl halides is 4. The van der Waals surface area contributed by atoms with Crippen LogP contribution in [-0.2, 0) is 4.79 Å². The quantitative estimate of drug-likeness (QED) is 0.756. The number of rotatable bonds is 3. The van der Waals surface area contributed by atoms with Gasteiger partial charge in [0, 0.05) is 16.8 Å². The Hall–Kier alpha value is -0.260. The molecular formula is C14H21BrF3NO. The van der Waals surface area contributed by atoms with Crippen LogP contribution in [0.2, 0.25) is 0 Å². The number of carbonyl (C=O) groups is 1. The lowest BCUT2D eigenvalue weighted by molar-refractivity contribution is -0.184. The molecule has 2 rings (SSSR count). The van der Waals surface area contributed by atoms with Crippen molar-refractivity contribution in [3.05, 3.63) is 0 Å². The van der Waals surface area contributed by atoms with E-state index in [4.69, 9.17) is 0 Å². The van der Waals surface area contributed by atoms with E-state index in [1.807, 2.05) is 0 Å². The van der Waals surface area contributed by atoms with Crippen LogP contribution in [0.1, 0.15) is 51.4 Å². The molecule has 0 atom stereocenters. The van der Waals surface area contributed by atoms with E-state index in [0.717, 1.165) is 31.0 Å². The Labute approximate surface area is 126 Å². The molecule has 1 amide bonds. The number of halogens is 4. The van der Waals surface area contributed by atoms with Crippen molar-refractivity contribution in [3.63, 3.8) is 0 Å². The van der Waals surface area contributed by atoms with Gasteiger partial charge >= 0.3 is 6.18 Å². The molecule has 116 valence electrons. The highest BCUT2D eigenvalue weighted by Gasteiger charge is 2.43. The fourth-order valence-electron chi connectivity index (χ4n) is 3.39. The van der Waals surface area contributed by atoms with Crippen LogP contribution in [0.15, 0.2) is 0 Å². The lowest BCUT2D eigenvalue weighted by Gasteiger charge is -2.33. The van der Waals surface area contributed by atoms with Gasteiger partial charge in [-0.2, -0.15) is 13.2 Å². The Morgan fingerprint density at radius 2 is 1.70 bits per heavy atom. The van der Waals surface area contributed by atoms with Crippen molar-refractivity contribution in [1.29, 1.82) is 0 Å². The lowest BCUT2D eigenvalue weighted by Crippen LogP contribution is -2.50. The second-order valence-corrected chi connectivity index (χ2v) is 6.76. The van der Waals surface area contributed by atoms with Crippen LogP contribution in [0.25, 0.3) is 0 Å². The zero-order valence-electron chi connectivity index (χ0n) is 11.4. The van der Waals surface area contributed by atoms with Gasteiger partial charge < -0.3 is 5.32 Å². The highest BCUT2D eigenvalue weighted by atomic mass is 79.9. The number of amides is 1. The first kappa shape index (κ1) is 16.1. The van der Waals surface area contributed by atoms with Gasteiger partial charge in [0.2, 0.25) is 5.91 Å². The van der Waals surface area contributed by atoms with E-state index < -0.39 is 12.1 Å². The molecule has 1 N–H and O–H groups in total. The summed E-state index contributed by atoms with van der Waals surface area (Å²) in [7, 11) is 0. The van der Waals surface area contributed by atoms with Crippen molar-refractivity contribution in [2.24, 2.45) is 11.8 Å². The number of hydrogen-bond donors (Lipinski definition) is 1. The van der Waals surface area contributed by atoms with Crippen LogP contribution >= 0.6 is 15.9 Å². The molecule has 0 aromatic heterocycles. The molecule has 0 aromatic rings. The Morgan fingerprint density at radius 3 is 2.15 bits per heavy atom. The predicted molar refractivity (Wildman–Crippen MR) is 74.6 cm³/mol. The van der Waals surface area contributed by atoms with Crippen molar-refractivity contribution in [1.82, 2.24) is 5.32 Å². The average molecular weight is 356 g/mol. The summed E-state index contributed by atoms with van der Waals surface area (Å²) >= 11 is 3.46. The minimum atomic E-state index is -4.11. The third-order valence-electron chi connectivity index (χ3n) is 4.77. The second-order valence-electron chi connectivity index (χ2n) is 6.20. The maximum absolute atomic E-state index is 12.6. The van der Waals surface area contributed by atoms with E-state index in [9.17, 15) is 18.0 Å². The first-order chi connectivity index (χ1) is 9.36. The van der Waals surface area contributed by atoms with Gasteiger partial charge in [0.25, 0.3) is 0 Å². The third kappa shape index (κ3) is 3.68. The van der Waals surface area contributed by atoms with Gasteiger partial charge in [-0.15, -0.1) is 0 Å². The summed E-state index contributed by atoms with van der Waals surface area (Å²) in [6, 6.07) is 0. The largest absolute Gasteiger partial charge is 0.391 e. The molecule has 0 radical (unpaired) electrons. The Balaban J connectivity index is 1.86. The van der Waals surface area contributed by atoms with Crippen molar-refractivity contribution < 1.29 is 18.0 Å². The molecule has 0 unspecified atom stereocenters. The summed E-state index contributed by atoms with van der Waals surface area (Å²) in [6.07, 6.45) is 0.904. The summed E-state index contributed by atoms with van der Waals surface area (Å²) in [4.78, 5) is 12.3. The molecule has 2 aliphatic rings. The summed E-state index contributed by atoms with van der Waals surface area (Å²) in [6.45, 7) is 0. The van der Waals surface area contributed by atoms with Crippen LogP contribution in [0, 0.1) is 11.8 Å². The third-order valence-corrected chi connectivity index (χ3v) is 5.84. The second kappa shape index (κ2) is 6.24. The van der Waals surface area contributed by atoms with Crippen LogP contribution in [0.3, 0.4) is 0 Å². The number of carbonyl (C=O) groups excluding carboxylic acids is 1. The fraction of sp³-hybridized carbons (Fsp3) is 0.929. The summed E-state index contributed by atoms with van der Waals surface area (Å²) < 4.78 is 37.8. The molecule has 0 aliphatic heterocycles. The van der Waals surface area contributed by atoms with Gasteiger partial charge in [0.15, 0.2) is 0 Å². The van der Waals surface area contributed by atoms with Gasteiger partial charge in [0.05, 0.1) is 5.92 Å². The van der Waals surface area contributed by atoms with E-state index in [2.05, 4.69) is 21.2 Å². The molecule has 2 saturated carbocycles. The molecule has 2 aliphatic carbocycles. The molecule has 2 nitrogen and oxygen atoms in total. The standard InChI is InChI=1S/C14H21BrF3NO/c15-9-13(7-1-2-8-13)19-12(20)10-3-5-11(6-4-10)14(16,17)18/h10-11H,1-9H2,(H,19,20). The smallest absolute Gasteiger partial charge is 0.350 e. The van der Waals surface area contributed by atoms with Crippen molar-refractivity contribution >= 4 is 21.8 Å². The minimum Gasteiger partial charge on any atom is -0.350 e. The van der Waals surface area contributed by atoms with Gasteiger partial charge in [0.1, 0.15) is 0 Å². The Morgan fingerprint density at radius 1 is 1.15 bits per heavy atom. The molecular weight excluding hydrogens is 335 g/mol.